The summed E-state index contributed by atoms with van der Waals surface area (Å²) in [6.07, 6.45) is 0. The van der Waals surface area contributed by atoms with Gasteiger partial charge in [-0.1, -0.05) is 25.2 Å². The Kier molecular flexibility index (Phi) is 4.45. The van der Waals surface area contributed by atoms with Crippen LogP contribution in [0.3, 0.4) is 0 Å². The summed E-state index contributed by atoms with van der Waals surface area (Å²) in [6, 6.07) is 4.91. The van der Waals surface area contributed by atoms with E-state index in [-0.39, 0.29) is 23.1 Å². The van der Waals surface area contributed by atoms with Crippen molar-refractivity contribution in [2.45, 2.75) is 13.8 Å². The summed E-state index contributed by atoms with van der Waals surface area (Å²) in [5.74, 6) is -0.419. The van der Waals surface area contributed by atoms with Crippen LogP contribution in [0.5, 0.6) is 5.75 Å². The molecular weight excluding hydrogens is 236 g/mol. The molecule has 0 saturated heterocycles. The molecule has 0 heterocycles. The Labute approximate surface area is 106 Å². The van der Waals surface area contributed by atoms with Crippen LogP contribution in [0.15, 0.2) is 18.2 Å². The number of nitrogens with two attached hydrogens (primary N) is 1. The molecule has 4 N–H and O–H groups in total. The fourth-order valence-corrected chi connectivity index (χ4v) is 1.36. The molecule has 1 rings (SSSR count). The summed E-state index contributed by atoms with van der Waals surface area (Å²) in [4.78, 5) is 12.1. The van der Waals surface area contributed by atoms with E-state index in [1.165, 1.54) is 0 Å². The van der Waals surface area contributed by atoms with E-state index in [0.29, 0.717) is 11.5 Å². The van der Waals surface area contributed by atoms with Gasteiger partial charge < -0.3 is 16.2 Å². The molecular formula is C12H16N2O2S. The van der Waals surface area contributed by atoms with Gasteiger partial charge in [0.05, 0.1) is 10.6 Å². The number of carbonyl (C=O) groups is 1. The van der Waals surface area contributed by atoms with Crippen molar-refractivity contribution in [2.75, 3.05) is 6.54 Å². The molecule has 1 aromatic rings. The van der Waals surface area contributed by atoms with Crippen molar-refractivity contribution < 1.29 is 9.90 Å². The number of hydrogen-bond donors (Lipinski definition) is 3. The normalized spacial score (nSPS) is 11.9. The SMILES string of the molecule is Cc1ccc(C(=O)NCC(C)C(N)=S)c(O)c1. The van der Waals surface area contributed by atoms with Crippen LogP contribution >= 0.6 is 12.2 Å². The zero-order valence-electron chi connectivity index (χ0n) is 9.86. The maximum atomic E-state index is 11.7. The lowest BCUT2D eigenvalue weighted by Gasteiger charge is -2.11. The van der Waals surface area contributed by atoms with E-state index in [1.54, 1.807) is 18.2 Å². The molecule has 92 valence electrons. The zero-order chi connectivity index (χ0) is 13.0. The van der Waals surface area contributed by atoms with Gasteiger partial charge in [-0.25, -0.2) is 0 Å². The molecule has 0 fully saturated rings. The number of thiocarbonyl (C=S) groups is 1. The minimum Gasteiger partial charge on any atom is -0.507 e. The summed E-state index contributed by atoms with van der Waals surface area (Å²) < 4.78 is 0. The van der Waals surface area contributed by atoms with Gasteiger partial charge in [0.1, 0.15) is 5.75 Å². The number of rotatable bonds is 4. The van der Waals surface area contributed by atoms with Gasteiger partial charge in [-0.05, 0) is 24.6 Å². The number of benzene rings is 1. The number of hydrogen-bond acceptors (Lipinski definition) is 3. The van der Waals surface area contributed by atoms with E-state index in [1.807, 2.05) is 13.8 Å². The predicted molar refractivity (Wildman–Crippen MR) is 71.1 cm³/mol. The first-order chi connectivity index (χ1) is 7.91. The van der Waals surface area contributed by atoms with Crippen molar-refractivity contribution in [3.63, 3.8) is 0 Å². The average molecular weight is 252 g/mol. The van der Waals surface area contributed by atoms with Gasteiger partial charge in [0.2, 0.25) is 0 Å². The fourth-order valence-electron chi connectivity index (χ4n) is 1.28. The molecule has 1 amide bonds. The highest BCUT2D eigenvalue weighted by atomic mass is 32.1. The van der Waals surface area contributed by atoms with Crippen LogP contribution < -0.4 is 11.1 Å². The third kappa shape index (κ3) is 3.71. The second-order valence-corrected chi connectivity index (χ2v) is 4.51. The van der Waals surface area contributed by atoms with Crippen LogP contribution in [-0.4, -0.2) is 22.5 Å². The molecule has 0 aliphatic heterocycles. The zero-order valence-corrected chi connectivity index (χ0v) is 10.7. The van der Waals surface area contributed by atoms with Crippen molar-refractivity contribution in [2.24, 2.45) is 11.7 Å². The van der Waals surface area contributed by atoms with Crippen molar-refractivity contribution in [1.29, 1.82) is 0 Å². The molecule has 17 heavy (non-hydrogen) atoms. The Bertz CT molecular complexity index is 446. The number of aromatic hydroxyl groups is 1. The van der Waals surface area contributed by atoms with Crippen molar-refractivity contribution in [1.82, 2.24) is 5.32 Å². The van der Waals surface area contributed by atoms with Gasteiger partial charge in [-0.15, -0.1) is 0 Å². The van der Waals surface area contributed by atoms with E-state index >= 15 is 0 Å². The van der Waals surface area contributed by atoms with Crippen LogP contribution in [0, 0.1) is 12.8 Å². The van der Waals surface area contributed by atoms with E-state index in [0.717, 1.165) is 5.56 Å². The van der Waals surface area contributed by atoms with Crippen molar-refractivity contribution in [3.05, 3.63) is 29.3 Å². The van der Waals surface area contributed by atoms with E-state index in [4.69, 9.17) is 18.0 Å². The Morgan fingerprint density at radius 1 is 1.59 bits per heavy atom. The first-order valence-corrected chi connectivity index (χ1v) is 5.69. The highest BCUT2D eigenvalue weighted by Crippen LogP contribution is 2.18. The first kappa shape index (κ1) is 13.4. The Balaban J connectivity index is 2.67. The molecule has 1 unspecified atom stereocenters. The largest absolute Gasteiger partial charge is 0.507 e. The second kappa shape index (κ2) is 5.63. The van der Waals surface area contributed by atoms with Crippen LogP contribution in [-0.2, 0) is 0 Å². The highest BCUT2D eigenvalue weighted by Gasteiger charge is 2.12. The standard InChI is InChI=1S/C12H16N2O2S/c1-7-3-4-9(10(15)5-7)12(16)14-6-8(2)11(13)17/h3-5,8,15H,6H2,1-2H3,(H2,13,17)(H,14,16). The van der Waals surface area contributed by atoms with E-state index < -0.39 is 0 Å². The number of carbonyl (C=O) groups excluding carboxylic acids is 1. The monoisotopic (exact) mass is 252 g/mol. The molecule has 0 radical (unpaired) electrons. The molecule has 0 bridgehead atoms. The number of amides is 1. The highest BCUT2D eigenvalue weighted by molar-refractivity contribution is 7.80. The molecule has 1 aromatic carbocycles. The Morgan fingerprint density at radius 3 is 2.76 bits per heavy atom. The lowest BCUT2D eigenvalue weighted by atomic mass is 10.1. The third-order valence-corrected chi connectivity index (χ3v) is 2.85. The topological polar surface area (TPSA) is 75.4 Å². The summed E-state index contributed by atoms with van der Waals surface area (Å²) in [5, 5.41) is 12.3. The smallest absolute Gasteiger partial charge is 0.255 e. The minimum atomic E-state index is -0.328. The minimum absolute atomic E-state index is 0.0227. The lowest BCUT2D eigenvalue weighted by molar-refractivity contribution is 0.0948. The van der Waals surface area contributed by atoms with Gasteiger partial charge in [-0.2, -0.15) is 0 Å². The average Bonchev–Trinajstić information content (AvgIpc) is 2.25. The summed E-state index contributed by atoms with van der Waals surface area (Å²) in [7, 11) is 0. The molecule has 0 spiro atoms. The van der Waals surface area contributed by atoms with Crippen LogP contribution in [0.1, 0.15) is 22.8 Å². The lowest BCUT2D eigenvalue weighted by Crippen LogP contribution is -2.33. The van der Waals surface area contributed by atoms with Gasteiger partial charge >= 0.3 is 0 Å². The Hall–Kier alpha value is -1.62. The number of phenolic OH excluding ortho intramolecular Hbond substituents is 1. The number of phenols is 1. The number of nitrogens with one attached hydrogen (secondary N) is 1. The van der Waals surface area contributed by atoms with E-state index in [2.05, 4.69) is 5.32 Å². The molecule has 0 aliphatic rings. The molecule has 4 nitrogen and oxygen atoms in total. The molecule has 1 atom stereocenters. The van der Waals surface area contributed by atoms with Crippen molar-refractivity contribution >= 4 is 23.1 Å². The van der Waals surface area contributed by atoms with Crippen LogP contribution in [0.4, 0.5) is 0 Å². The van der Waals surface area contributed by atoms with Gasteiger partial charge in [0.15, 0.2) is 0 Å². The third-order valence-electron chi connectivity index (χ3n) is 2.45. The molecule has 0 aliphatic carbocycles. The fraction of sp³-hybridized carbons (Fsp3) is 0.333. The van der Waals surface area contributed by atoms with Crippen LogP contribution in [0.2, 0.25) is 0 Å². The maximum Gasteiger partial charge on any atom is 0.255 e. The molecule has 0 aromatic heterocycles. The van der Waals surface area contributed by atoms with Crippen LogP contribution in [0.25, 0.3) is 0 Å². The second-order valence-electron chi connectivity index (χ2n) is 4.03. The van der Waals surface area contributed by atoms with Gasteiger partial charge in [0, 0.05) is 12.5 Å². The Morgan fingerprint density at radius 2 is 2.24 bits per heavy atom. The maximum absolute atomic E-state index is 11.7. The number of aryl methyl sites for hydroxylation is 1. The quantitative estimate of drug-likeness (QED) is 0.707. The first-order valence-electron chi connectivity index (χ1n) is 5.29. The summed E-state index contributed by atoms with van der Waals surface area (Å²) in [6.45, 7) is 4.04. The molecule has 5 heteroatoms. The van der Waals surface area contributed by atoms with Gasteiger partial charge in [-0.3, -0.25) is 4.79 Å². The van der Waals surface area contributed by atoms with Crippen molar-refractivity contribution in [3.8, 4) is 5.75 Å². The summed E-state index contributed by atoms with van der Waals surface area (Å²) >= 11 is 4.81. The summed E-state index contributed by atoms with van der Waals surface area (Å²) in [5.41, 5.74) is 6.60. The van der Waals surface area contributed by atoms with Gasteiger partial charge in [0.25, 0.3) is 5.91 Å². The predicted octanol–water partition coefficient (Wildman–Crippen LogP) is 1.35. The van der Waals surface area contributed by atoms with E-state index in [9.17, 15) is 9.90 Å². The molecule has 0 saturated carbocycles.